The molecule has 3 rings (SSSR count). The Morgan fingerprint density at radius 1 is 1.18 bits per heavy atom. The number of ether oxygens (including phenoxy) is 1. The lowest BCUT2D eigenvalue weighted by molar-refractivity contribution is -0.119. The molecule has 0 aliphatic carbocycles. The van der Waals surface area contributed by atoms with Crippen LogP contribution in [0.15, 0.2) is 59.8 Å². The number of nitrogens with zero attached hydrogens (tertiary/aromatic N) is 3. The molecule has 8 heteroatoms. The van der Waals surface area contributed by atoms with Crippen LogP contribution in [0, 0.1) is 0 Å². The number of carbonyl (C=O) groups excluding carboxylic acids is 1. The first kappa shape index (κ1) is 20.4. The zero-order chi connectivity index (χ0) is 19.9. The summed E-state index contributed by atoms with van der Waals surface area (Å²) in [4.78, 5) is 12.2. The van der Waals surface area contributed by atoms with E-state index in [1.54, 1.807) is 7.11 Å². The van der Waals surface area contributed by atoms with Crippen LogP contribution in [0.3, 0.4) is 0 Å². The van der Waals surface area contributed by atoms with Gasteiger partial charge in [-0.05, 0) is 43.3 Å². The van der Waals surface area contributed by atoms with E-state index in [0.29, 0.717) is 22.6 Å². The van der Waals surface area contributed by atoms with E-state index in [-0.39, 0.29) is 17.7 Å². The Hall–Kier alpha value is -2.35. The Balaban J connectivity index is 1.85. The third kappa shape index (κ3) is 5.13. The highest BCUT2D eigenvalue weighted by molar-refractivity contribution is 7.99. The van der Waals surface area contributed by atoms with Crippen LogP contribution in [0.2, 0.25) is 5.02 Å². The maximum Gasteiger partial charge on any atom is 0.230 e. The molecule has 3 aromatic rings. The van der Waals surface area contributed by atoms with Crippen LogP contribution in [0.4, 0.5) is 0 Å². The average Bonchev–Trinajstić information content (AvgIpc) is 3.12. The molecule has 0 spiro atoms. The second-order valence-corrected chi connectivity index (χ2v) is 7.58. The number of thioether (sulfide) groups is 1. The van der Waals surface area contributed by atoms with Gasteiger partial charge < -0.3 is 10.1 Å². The Morgan fingerprint density at radius 3 is 2.57 bits per heavy atom. The van der Waals surface area contributed by atoms with Crippen molar-refractivity contribution in [2.24, 2.45) is 0 Å². The third-order valence-electron chi connectivity index (χ3n) is 3.91. The summed E-state index contributed by atoms with van der Waals surface area (Å²) in [6.07, 6.45) is 0. The highest BCUT2D eigenvalue weighted by atomic mass is 35.5. The number of carbonyl (C=O) groups is 1. The van der Waals surface area contributed by atoms with Crippen LogP contribution in [-0.2, 0) is 9.53 Å². The predicted molar refractivity (Wildman–Crippen MR) is 112 cm³/mol. The van der Waals surface area contributed by atoms with Crippen LogP contribution < -0.4 is 5.32 Å². The van der Waals surface area contributed by atoms with E-state index < -0.39 is 0 Å². The Kier molecular flexibility index (Phi) is 7.08. The van der Waals surface area contributed by atoms with Crippen LogP contribution >= 0.6 is 23.4 Å². The highest BCUT2D eigenvalue weighted by Crippen LogP contribution is 2.28. The van der Waals surface area contributed by atoms with Gasteiger partial charge in [0.15, 0.2) is 11.0 Å². The third-order valence-corrected chi connectivity index (χ3v) is 5.09. The minimum atomic E-state index is -0.0785. The number of benzene rings is 2. The topological polar surface area (TPSA) is 69.0 Å². The van der Waals surface area contributed by atoms with E-state index in [2.05, 4.69) is 15.5 Å². The molecule has 0 saturated carbocycles. The summed E-state index contributed by atoms with van der Waals surface area (Å²) in [6.45, 7) is 2.37. The standard InChI is InChI=1S/C20H21ClN4O2S/c1-14(12-27-2)22-18(26)13-28-20-24-23-19(15-8-10-16(21)11-9-15)25(20)17-6-4-3-5-7-17/h3-11,14H,12-13H2,1-2H3,(H,22,26)/t14-/m0/s1. The number of halogens is 1. The van der Waals surface area contributed by atoms with E-state index in [9.17, 15) is 4.79 Å². The van der Waals surface area contributed by atoms with Crippen LogP contribution in [0.25, 0.3) is 17.1 Å². The summed E-state index contributed by atoms with van der Waals surface area (Å²) >= 11 is 7.35. The molecule has 0 bridgehead atoms. The van der Waals surface area contributed by atoms with Gasteiger partial charge in [0.25, 0.3) is 0 Å². The number of amides is 1. The van der Waals surface area contributed by atoms with Gasteiger partial charge in [-0.3, -0.25) is 9.36 Å². The van der Waals surface area contributed by atoms with Crippen molar-refractivity contribution in [3.05, 3.63) is 59.6 Å². The molecule has 1 aromatic heterocycles. The van der Waals surface area contributed by atoms with Crippen molar-refractivity contribution in [3.8, 4) is 17.1 Å². The lowest BCUT2D eigenvalue weighted by atomic mass is 10.2. The highest BCUT2D eigenvalue weighted by Gasteiger charge is 2.17. The quantitative estimate of drug-likeness (QED) is 0.565. The van der Waals surface area contributed by atoms with Crippen molar-refractivity contribution in [1.82, 2.24) is 20.1 Å². The molecule has 1 amide bonds. The van der Waals surface area contributed by atoms with Crippen LogP contribution in [-0.4, -0.2) is 46.2 Å². The maximum absolute atomic E-state index is 12.2. The normalized spacial score (nSPS) is 12.0. The minimum absolute atomic E-state index is 0.0466. The molecule has 28 heavy (non-hydrogen) atoms. The first-order valence-corrected chi connectivity index (χ1v) is 10.1. The van der Waals surface area contributed by atoms with Gasteiger partial charge in [0, 0.05) is 29.4 Å². The smallest absolute Gasteiger partial charge is 0.230 e. The Labute approximate surface area is 173 Å². The van der Waals surface area contributed by atoms with Crippen molar-refractivity contribution in [2.75, 3.05) is 19.5 Å². The van der Waals surface area contributed by atoms with Gasteiger partial charge in [-0.25, -0.2) is 0 Å². The minimum Gasteiger partial charge on any atom is -0.383 e. The summed E-state index contributed by atoms with van der Waals surface area (Å²) in [5, 5.41) is 12.9. The van der Waals surface area contributed by atoms with Gasteiger partial charge in [0.1, 0.15) is 0 Å². The molecule has 6 nitrogen and oxygen atoms in total. The average molecular weight is 417 g/mol. The summed E-state index contributed by atoms with van der Waals surface area (Å²) in [5.41, 5.74) is 1.82. The summed E-state index contributed by atoms with van der Waals surface area (Å²) in [7, 11) is 1.61. The SMILES string of the molecule is COC[C@H](C)NC(=O)CSc1nnc(-c2ccc(Cl)cc2)n1-c1ccccc1. The molecule has 0 aliphatic heterocycles. The summed E-state index contributed by atoms with van der Waals surface area (Å²) < 4.78 is 6.99. The molecule has 1 atom stereocenters. The monoisotopic (exact) mass is 416 g/mol. The number of aromatic nitrogens is 3. The van der Waals surface area contributed by atoms with Gasteiger partial charge in [-0.2, -0.15) is 0 Å². The lowest BCUT2D eigenvalue weighted by Crippen LogP contribution is -2.36. The zero-order valence-electron chi connectivity index (χ0n) is 15.6. The lowest BCUT2D eigenvalue weighted by Gasteiger charge is -2.13. The molecule has 0 saturated heterocycles. The molecular weight excluding hydrogens is 396 g/mol. The van der Waals surface area contributed by atoms with Gasteiger partial charge in [0.2, 0.25) is 5.91 Å². The van der Waals surface area contributed by atoms with Gasteiger partial charge in [-0.1, -0.05) is 41.6 Å². The molecule has 146 valence electrons. The summed E-state index contributed by atoms with van der Waals surface area (Å²) in [5.74, 6) is 0.850. The van der Waals surface area contributed by atoms with Crippen molar-refractivity contribution in [1.29, 1.82) is 0 Å². The molecule has 0 unspecified atom stereocenters. The van der Waals surface area contributed by atoms with Crippen molar-refractivity contribution in [2.45, 2.75) is 18.1 Å². The second kappa shape index (κ2) is 9.73. The van der Waals surface area contributed by atoms with Crippen LogP contribution in [0.1, 0.15) is 6.92 Å². The molecule has 0 radical (unpaired) electrons. The van der Waals surface area contributed by atoms with Crippen molar-refractivity contribution < 1.29 is 9.53 Å². The first-order valence-electron chi connectivity index (χ1n) is 8.76. The number of rotatable bonds is 8. The summed E-state index contributed by atoms with van der Waals surface area (Å²) in [6, 6.07) is 17.2. The molecule has 2 aromatic carbocycles. The maximum atomic E-state index is 12.2. The van der Waals surface area contributed by atoms with Gasteiger partial charge >= 0.3 is 0 Å². The Morgan fingerprint density at radius 2 is 1.89 bits per heavy atom. The van der Waals surface area contributed by atoms with E-state index in [1.165, 1.54) is 11.8 Å². The van der Waals surface area contributed by atoms with E-state index in [1.807, 2.05) is 66.1 Å². The van der Waals surface area contributed by atoms with E-state index >= 15 is 0 Å². The number of para-hydroxylation sites is 1. The van der Waals surface area contributed by atoms with Gasteiger partial charge in [0.05, 0.1) is 12.4 Å². The van der Waals surface area contributed by atoms with Gasteiger partial charge in [-0.15, -0.1) is 10.2 Å². The fraction of sp³-hybridized carbons (Fsp3) is 0.250. The number of hydrogen-bond acceptors (Lipinski definition) is 5. The zero-order valence-corrected chi connectivity index (χ0v) is 17.2. The van der Waals surface area contributed by atoms with Crippen molar-refractivity contribution in [3.63, 3.8) is 0 Å². The molecular formula is C20H21ClN4O2S. The Bertz CT molecular complexity index is 916. The van der Waals surface area contributed by atoms with Crippen LogP contribution in [0.5, 0.6) is 0 Å². The fourth-order valence-corrected chi connectivity index (χ4v) is 3.59. The predicted octanol–water partition coefficient (Wildman–Crippen LogP) is 3.83. The molecule has 1 N–H and O–H groups in total. The van der Waals surface area contributed by atoms with E-state index in [4.69, 9.17) is 16.3 Å². The number of hydrogen-bond donors (Lipinski definition) is 1. The van der Waals surface area contributed by atoms with E-state index in [0.717, 1.165) is 11.3 Å². The molecule has 1 heterocycles. The van der Waals surface area contributed by atoms with Crippen molar-refractivity contribution >= 4 is 29.3 Å². The largest absolute Gasteiger partial charge is 0.383 e. The fourth-order valence-electron chi connectivity index (χ4n) is 2.70. The number of methoxy groups -OCH3 is 1. The first-order chi connectivity index (χ1) is 13.6. The number of nitrogens with one attached hydrogen (secondary N) is 1. The molecule has 0 fully saturated rings. The second-order valence-electron chi connectivity index (χ2n) is 6.20. The molecule has 0 aliphatic rings.